The van der Waals surface area contributed by atoms with Crippen molar-refractivity contribution in [1.29, 1.82) is 0 Å². The van der Waals surface area contributed by atoms with Gasteiger partial charge in [-0.25, -0.2) is 8.42 Å². The summed E-state index contributed by atoms with van der Waals surface area (Å²) in [5, 5.41) is 13.1. The average Bonchev–Trinajstić information content (AvgIpc) is 2.37. The molecule has 0 aliphatic heterocycles. The number of aromatic hydroxyl groups is 1. The summed E-state index contributed by atoms with van der Waals surface area (Å²) in [4.78, 5) is 12.0. The summed E-state index contributed by atoms with van der Waals surface area (Å²) in [5.41, 5.74) is 6.27. The van der Waals surface area contributed by atoms with Gasteiger partial charge in [-0.3, -0.25) is 4.79 Å². The first-order chi connectivity index (χ1) is 9.61. The number of hydrogen-bond donors (Lipinski definition) is 3. The van der Waals surface area contributed by atoms with Gasteiger partial charge in [-0.15, -0.1) is 0 Å². The number of carbonyl (C=O) groups excluding carboxylic acids is 1. The Hall–Kier alpha value is -1.93. The van der Waals surface area contributed by atoms with Crippen LogP contribution >= 0.6 is 11.8 Å². The zero-order chi connectivity index (χ0) is 16.2. The van der Waals surface area contributed by atoms with Gasteiger partial charge in [-0.1, -0.05) is 30.0 Å². The molecule has 0 aliphatic rings. The summed E-state index contributed by atoms with van der Waals surface area (Å²) < 4.78 is 22.2. The highest BCUT2D eigenvalue weighted by atomic mass is 32.2. The van der Waals surface area contributed by atoms with Gasteiger partial charge in [-0.2, -0.15) is 0 Å². The fourth-order valence-corrected chi connectivity index (χ4v) is 2.53. The summed E-state index contributed by atoms with van der Waals surface area (Å²) in [6, 6.07) is 4.62. The third kappa shape index (κ3) is 5.16. The van der Waals surface area contributed by atoms with Crippen LogP contribution in [0.3, 0.4) is 0 Å². The van der Waals surface area contributed by atoms with Crippen molar-refractivity contribution in [2.45, 2.75) is 6.92 Å². The Morgan fingerprint density at radius 1 is 1.48 bits per heavy atom. The minimum absolute atomic E-state index is 0.108. The molecule has 6 nitrogen and oxygen atoms in total. The first-order valence-electron chi connectivity index (χ1n) is 5.73. The number of nitrogens with one attached hydrogen (secondary N) is 1. The van der Waals surface area contributed by atoms with E-state index in [1.54, 1.807) is 13.0 Å². The second kappa shape index (κ2) is 6.68. The van der Waals surface area contributed by atoms with Gasteiger partial charge in [-0.05, 0) is 19.1 Å². The number of nitrogens with two attached hydrogens (primary N) is 1. The monoisotopic (exact) mass is 328 g/mol. The van der Waals surface area contributed by atoms with E-state index < -0.39 is 15.7 Å². The Kier molecular flexibility index (Phi) is 5.45. The molecule has 8 heteroatoms. The van der Waals surface area contributed by atoms with Crippen LogP contribution in [0, 0.1) is 6.92 Å². The number of thioether (sulfide) groups is 1. The molecule has 1 aromatic carbocycles. The molecule has 21 heavy (non-hydrogen) atoms. The van der Waals surface area contributed by atoms with Crippen LogP contribution in [0.5, 0.6) is 5.75 Å². The summed E-state index contributed by atoms with van der Waals surface area (Å²) in [5.74, 6) is -0.692. The van der Waals surface area contributed by atoms with E-state index in [-0.39, 0.29) is 21.4 Å². The zero-order valence-corrected chi connectivity index (χ0v) is 13.2. The van der Waals surface area contributed by atoms with Crippen molar-refractivity contribution < 1.29 is 18.3 Å². The lowest BCUT2D eigenvalue weighted by molar-refractivity contribution is 0.0966. The quantitative estimate of drug-likeness (QED) is 0.754. The maximum absolute atomic E-state index is 12.0. The maximum atomic E-state index is 12.0. The van der Waals surface area contributed by atoms with Crippen molar-refractivity contribution in [3.8, 4) is 5.75 Å². The molecule has 0 fully saturated rings. The number of amides is 1. The normalized spacial score (nSPS) is 12.0. The predicted octanol–water partition coefficient (Wildman–Crippen LogP) is 1.44. The van der Waals surface area contributed by atoms with E-state index in [1.807, 2.05) is 0 Å². The smallest absolute Gasteiger partial charge is 0.259 e. The molecule has 4 N–H and O–H groups in total. The molecule has 0 aliphatic carbocycles. The second-order valence-electron chi connectivity index (χ2n) is 4.31. The highest BCUT2D eigenvalue weighted by molar-refractivity contribution is 8.06. The van der Waals surface area contributed by atoms with Gasteiger partial charge in [0.15, 0.2) is 9.84 Å². The van der Waals surface area contributed by atoms with Crippen molar-refractivity contribution in [1.82, 2.24) is 5.32 Å². The molecule has 114 valence electrons. The van der Waals surface area contributed by atoms with Crippen LogP contribution in [0.25, 0.3) is 0 Å². The Morgan fingerprint density at radius 2 is 2.10 bits per heavy atom. The van der Waals surface area contributed by atoms with Crippen molar-refractivity contribution in [3.05, 3.63) is 51.4 Å². The van der Waals surface area contributed by atoms with Crippen molar-refractivity contribution in [2.75, 3.05) is 6.26 Å². The largest absolute Gasteiger partial charge is 0.507 e. The molecule has 0 aromatic heterocycles. The molecule has 1 rings (SSSR count). The topological polar surface area (TPSA) is 109 Å². The number of phenols is 1. The molecule has 0 saturated carbocycles. The van der Waals surface area contributed by atoms with Crippen LogP contribution < -0.4 is 11.1 Å². The van der Waals surface area contributed by atoms with Gasteiger partial charge in [0, 0.05) is 11.7 Å². The van der Waals surface area contributed by atoms with Gasteiger partial charge in [0.2, 0.25) is 0 Å². The van der Waals surface area contributed by atoms with E-state index in [2.05, 4.69) is 11.9 Å². The maximum Gasteiger partial charge on any atom is 0.259 e. The van der Waals surface area contributed by atoms with E-state index in [4.69, 9.17) is 5.73 Å². The number of aryl methyl sites for hydroxylation is 1. The lowest BCUT2D eigenvalue weighted by atomic mass is 10.1. The van der Waals surface area contributed by atoms with Crippen LogP contribution in [-0.2, 0) is 9.84 Å². The average molecular weight is 328 g/mol. The van der Waals surface area contributed by atoms with Crippen molar-refractivity contribution in [2.24, 2.45) is 5.73 Å². The number of rotatable bonds is 5. The van der Waals surface area contributed by atoms with Gasteiger partial charge in [0.05, 0.1) is 10.6 Å². The molecule has 1 amide bonds. The van der Waals surface area contributed by atoms with E-state index >= 15 is 0 Å². The minimum atomic E-state index is -3.47. The van der Waals surface area contributed by atoms with Crippen LogP contribution in [0.15, 0.2) is 40.2 Å². The molecule has 0 bridgehead atoms. The zero-order valence-electron chi connectivity index (χ0n) is 11.6. The Morgan fingerprint density at radius 3 is 2.67 bits per heavy atom. The molecule has 0 radical (unpaired) electrons. The second-order valence-corrected chi connectivity index (χ2v) is 7.29. The molecular formula is C13H16N2O4S2. The molecule has 1 aromatic rings. The number of carbonyl (C=O) groups is 1. The number of phenolic OH excluding ortho intramolecular Hbond substituents is 1. The van der Waals surface area contributed by atoms with E-state index in [1.165, 1.54) is 17.5 Å². The number of hydrogen-bond acceptors (Lipinski definition) is 6. The highest BCUT2D eigenvalue weighted by Gasteiger charge is 2.12. The Labute approximate surface area is 127 Å². The molecule has 0 heterocycles. The molecule has 0 saturated heterocycles. The lowest BCUT2D eigenvalue weighted by Gasteiger charge is -2.08. The van der Waals surface area contributed by atoms with Gasteiger partial charge in [0.25, 0.3) is 5.91 Å². The summed E-state index contributed by atoms with van der Waals surface area (Å²) >= 11 is 0.870. The third-order valence-corrected chi connectivity index (χ3v) is 4.28. The molecule has 0 unspecified atom stereocenters. The molecular weight excluding hydrogens is 312 g/mol. The standard InChI is InChI=1S/C13H16N2O4S2/c1-8-4-5-11(16)10(6-8)13(17)15-9(2)20-7-12(14)21(3,18)19/h4-7,16H,2,14H2,1,3H3,(H,15,17)/b12-7+. The summed E-state index contributed by atoms with van der Waals surface area (Å²) in [6.45, 7) is 5.37. The van der Waals surface area contributed by atoms with Crippen LogP contribution in [0.2, 0.25) is 0 Å². The SMILES string of the molecule is C=C(NC(=O)c1cc(C)ccc1O)S/C=C(\N)S(C)(=O)=O. The predicted molar refractivity (Wildman–Crippen MR) is 84.2 cm³/mol. The molecule has 0 atom stereocenters. The number of sulfone groups is 1. The van der Waals surface area contributed by atoms with Crippen LogP contribution in [-0.4, -0.2) is 25.7 Å². The van der Waals surface area contributed by atoms with Gasteiger partial charge >= 0.3 is 0 Å². The third-order valence-electron chi connectivity index (χ3n) is 2.40. The Bertz CT molecular complexity index is 709. The van der Waals surface area contributed by atoms with E-state index in [0.717, 1.165) is 23.6 Å². The van der Waals surface area contributed by atoms with Crippen LogP contribution in [0.1, 0.15) is 15.9 Å². The van der Waals surface area contributed by atoms with Crippen LogP contribution in [0.4, 0.5) is 0 Å². The highest BCUT2D eigenvalue weighted by Crippen LogP contribution is 2.20. The van der Waals surface area contributed by atoms with E-state index in [9.17, 15) is 18.3 Å². The fourth-order valence-electron chi connectivity index (χ4n) is 1.27. The fraction of sp³-hybridized carbons (Fsp3) is 0.154. The van der Waals surface area contributed by atoms with Crippen molar-refractivity contribution >= 4 is 27.5 Å². The molecule has 0 spiro atoms. The first-order valence-corrected chi connectivity index (χ1v) is 8.50. The lowest BCUT2D eigenvalue weighted by Crippen LogP contribution is -2.21. The van der Waals surface area contributed by atoms with E-state index in [0.29, 0.717) is 0 Å². The minimum Gasteiger partial charge on any atom is -0.507 e. The summed E-state index contributed by atoms with van der Waals surface area (Å²) in [6.07, 6.45) is 0.978. The van der Waals surface area contributed by atoms with Gasteiger partial charge in [0.1, 0.15) is 10.8 Å². The number of benzene rings is 1. The van der Waals surface area contributed by atoms with Crippen molar-refractivity contribution in [3.63, 3.8) is 0 Å². The summed E-state index contributed by atoms with van der Waals surface area (Å²) in [7, 11) is -3.47. The van der Waals surface area contributed by atoms with Gasteiger partial charge < -0.3 is 16.2 Å². The first kappa shape index (κ1) is 17.1. The Balaban J connectivity index is 2.76.